The van der Waals surface area contributed by atoms with Gasteiger partial charge in [-0.1, -0.05) is 53.7 Å². The fourth-order valence-electron chi connectivity index (χ4n) is 3.65. The van der Waals surface area contributed by atoms with Gasteiger partial charge in [-0.15, -0.1) is 0 Å². The van der Waals surface area contributed by atoms with Crippen molar-refractivity contribution in [2.24, 2.45) is 0 Å². The molecule has 1 unspecified atom stereocenters. The maximum absolute atomic E-state index is 14.6. The molecule has 0 fully saturated rings. The second kappa shape index (κ2) is 9.74. The number of hydrogen-bond donors (Lipinski definition) is 2. The zero-order valence-corrected chi connectivity index (χ0v) is 18.5. The van der Waals surface area contributed by atoms with E-state index in [4.69, 9.17) is 4.52 Å². The van der Waals surface area contributed by atoms with Crippen LogP contribution in [-0.4, -0.2) is 36.0 Å². The predicted octanol–water partition coefficient (Wildman–Crippen LogP) is 4.56. The minimum atomic E-state index is -1.24. The van der Waals surface area contributed by atoms with E-state index in [0.717, 1.165) is 6.20 Å². The second-order valence-electron chi connectivity index (χ2n) is 7.76. The third-order valence-electron chi connectivity index (χ3n) is 5.39. The summed E-state index contributed by atoms with van der Waals surface area (Å²) in [4.78, 5) is 20.1. The molecule has 0 radical (unpaired) electrons. The van der Waals surface area contributed by atoms with Crippen LogP contribution in [-0.2, 0) is 11.3 Å². The Labute approximate surface area is 203 Å². The standard InChI is InChI=1S/C25H18F2N6O3/c26-17-9-5-4-8-16(17)14-33-21(19-10-11-36-32-19)12-20(31-33)24-28-13-18(27)23(30-24)29-22(25(34)35)15-6-2-1-3-7-15/h1-13,22H,14H2,(H,34,35)(H,28,29,30). The van der Waals surface area contributed by atoms with Crippen molar-refractivity contribution in [2.45, 2.75) is 12.6 Å². The van der Waals surface area contributed by atoms with Crippen molar-refractivity contribution in [1.82, 2.24) is 24.9 Å². The molecule has 0 saturated heterocycles. The van der Waals surface area contributed by atoms with Crippen LogP contribution >= 0.6 is 0 Å². The molecule has 0 saturated carbocycles. The van der Waals surface area contributed by atoms with Gasteiger partial charge >= 0.3 is 5.97 Å². The Morgan fingerprint density at radius 3 is 2.53 bits per heavy atom. The molecule has 0 bridgehead atoms. The molecule has 9 nitrogen and oxygen atoms in total. The Bertz CT molecular complexity index is 1510. The molecule has 0 spiro atoms. The average molecular weight is 488 g/mol. The van der Waals surface area contributed by atoms with Crippen molar-refractivity contribution in [3.8, 4) is 22.9 Å². The monoisotopic (exact) mass is 488 g/mol. The summed E-state index contributed by atoms with van der Waals surface area (Å²) in [5.41, 5.74) is 2.01. The van der Waals surface area contributed by atoms with Gasteiger partial charge in [-0.05, 0) is 17.7 Å². The van der Waals surface area contributed by atoms with E-state index in [1.54, 1.807) is 60.7 Å². The SMILES string of the molecule is O=C(O)C(Nc1nc(-c2cc(-c3ccon3)n(Cc3ccccc3F)n2)ncc1F)c1ccccc1. The molecular formula is C25H18F2N6O3. The Hall–Kier alpha value is -4.93. The van der Waals surface area contributed by atoms with Crippen molar-refractivity contribution in [3.05, 3.63) is 102 Å². The number of halogens is 2. The number of aliphatic carboxylic acids is 1. The molecule has 5 rings (SSSR count). The smallest absolute Gasteiger partial charge is 0.330 e. The van der Waals surface area contributed by atoms with E-state index in [0.29, 0.717) is 22.5 Å². The first kappa shape index (κ1) is 22.8. The van der Waals surface area contributed by atoms with Crippen molar-refractivity contribution in [1.29, 1.82) is 0 Å². The quantitative estimate of drug-likeness (QED) is 0.326. The van der Waals surface area contributed by atoms with Crippen LogP contribution in [0.15, 0.2) is 83.7 Å². The van der Waals surface area contributed by atoms with Gasteiger partial charge in [0, 0.05) is 11.6 Å². The molecule has 2 aromatic carbocycles. The van der Waals surface area contributed by atoms with Crippen LogP contribution in [0.3, 0.4) is 0 Å². The summed E-state index contributed by atoms with van der Waals surface area (Å²) in [6.07, 6.45) is 2.32. The first-order chi connectivity index (χ1) is 17.5. The van der Waals surface area contributed by atoms with Crippen LogP contribution in [0.4, 0.5) is 14.6 Å². The van der Waals surface area contributed by atoms with Crippen LogP contribution in [0.2, 0.25) is 0 Å². The van der Waals surface area contributed by atoms with Gasteiger partial charge in [-0.2, -0.15) is 5.10 Å². The van der Waals surface area contributed by atoms with Crippen LogP contribution in [0.1, 0.15) is 17.2 Å². The van der Waals surface area contributed by atoms with E-state index in [9.17, 15) is 18.7 Å². The van der Waals surface area contributed by atoms with Crippen molar-refractivity contribution in [3.63, 3.8) is 0 Å². The summed E-state index contributed by atoms with van der Waals surface area (Å²) < 4.78 is 35.4. The summed E-state index contributed by atoms with van der Waals surface area (Å²) >= 11 is 0. The third kappa shape index (κ3) is 4.67. The minimum absolute atomic E-state index is 0.0353. The summed E-state index contributed by atoms with van der Waals surface area (Å²) in [6, 6.07) is 16.6. The highest BCUT2D eigenvalue weighted by molar-refractivity contribution is 5.79. The van der Waals surface area contributed by atoms with Gasteiger partial charge in [0.25, 0.3) is 0 Å². The fourth-order valence-corrected chi connectivity index (χ4v) is 3.65. The minimum Gasteiger partial charge on any atom is -0.479 e. The van der Waals surface area contributed by atoms with Crippen LogP contribution < -0.4 is 5.32 Å². The predicted molar refractivity (Wildman–Crippen MR) is 125 cm³/mol. The van der Waals surface area contributed by atoms with E-state index in [1.165, 1.54) is 17.0 Å². The normalized spacial score (nSPS) is 11.8. The van der Waals surface area contributed by atoms with Gasteiger partial charge in [0.15, 0.2) is 23.5 Å². The molecule has 5 aromatic rings. The number of carboxylic acids is 1. The highest BCUT2D eigenvalue weighted by Crippen LogP contribution is 2.27. The second-order valence-corrected chi connectivity index (χ2v) is 7.76. The average Bonchev–Trinajstić information content (AvgIpc) is 3.55. The van der Waals surface area contributed by atoms with Crippen LogP contribution in [0.5, 0.6) is 0 Å². The van der Waals surface area contributed by atoms with Crippen molar-refractivity contribution >= 4 is 11.8 Å². The van der Waals surface area contributed by atoms with Gasteiger partial charge in [-0.25, -0.2) is 23.5 Å². The Kier molecular flexibility index (Phi) is 6.18. The molecule has 180 valence electrons. The van der Waals surface area contributed by atoms with E-state index in [2.05, 4.69) is 25.5 Å². The molecule has 11 heteroatoms. The first-order valence-electron chi connectivity index (χ1n) is 10.8. The number of hydrogen-bond acceptors (Lipinski definition) is 7. The molecular weight excluding hydrogens is 470 g/mol. The number of anilines is 1. The molecule has 0 aliphatic carbocycles. The number of rotatable bonds is 8. The van der Waals surface area contributed by atoms with E-state index < -0.39 is 23.6 Å². The Balaban J connectivity index is 1.52. The Morgan fingerprint density at radius 2 is 1.81 bits per heavy atom. The number of nitrogens with one attached hydrogen (secondary N) is 1. The highest BCUT2D eigenvalue weighted by atomic mass is 19.1. The molecule has 0 aliphatic rings. The van der Waals surface area contributed by atoms with E-state index in [-0.39, 0.29) is 23.9 Å². The summed E-state index contributed by atoms with van der Waals surface area (Å²) in [6.45, 7) is 0.0796. The lowest BCUT2D eigenvalue weighted by molar-refractivity contribution is -0.138. The highest BCUT2D eigenvalue weighted by Gasteiger charge is 2.23. The lowest BCUT2D eigenvalue weighted by atomic mass is 10.1. The molecule has 1 atom stereocenters. The van der Waals surface area contributed by atoms with Gasteiger partial charge in [0.05, 0.1) is 18.4 Å². The van der Waals surface area contributed by atoms with Crippen molar-refractivity contribution in [2.75, 3.05) is 5.32 Å². The number of nitrogens with zero attached hydrogens (tertiary/aromatic N) is 5. The maximum atomic E-state index is 14.6. The zero-order chi connectivity index (χ0) is 25.1. The van der Waals surface area contributed by atoms with Gasteiger partial charge in [0.1, 0.15) is 23.5 Å². The van der Waals surface area contributed by atoms with Gasteiger partial charge in [-0.3, -0.25) is 4.68 Å². The zero-order valence-electron chi connectivity index (χ0n) is 18.5. The molecule has 3 heterocycles. The summed E-state index contributed by atoms with van der Waals surface area (Å²) in [5.74, 6) is -2.70. The van der Waals surface area contributed by atoms with Gasteiger partial charge < -0.3 is 14.9 Å². The number of aromatic nitrogens is 5. The molecule has 0 amide bonds. The maximum Gasteiger partial charge on any atom is 0.330 e. The molecule has 36 heavy (non-hydrogen) atoms. The largest absolute Gasteiger partial charge is 0.479 e. The summed E-state index contributed by atoms with van der Waals surface area (Å²) in [5, 5.41) is 20.7. The van der Waals surface area contributed by atoms with E-state index in [1.807, 2.05) is 0 Å². The third-order valence-corrected chi connectivity index (χ3v) is 5.39. The molecule has 2 N–H and O–H groups in total. The van der Waals surface area contributed by atoms with Gasteiger partial charge in [0.2, 0.25) is 0 Å². The molecule has 3 aromatic heterocycles. The first-order valence-corrected chi connectivity index (χ1v) is 10.8. The topological polar surface area (TPSA) is 119 Å². The van der Waals surface area contributed by atoms with E-state index >= 15 is 0 Å². The van der Waals surface area contributed by atoms with Crippen molar-refractivity contribution < 1.29 is 23.2 Å². The molecule has 0 aliphatic heterocycles. The Morgan fingerprint density at radius 1 is 1.03 bits per heavy atom. The number of carboxylic acid groups (broad SMARTS) is 1. The van der Waals surface area contributed by atoms with Crippen LogP contribution in [0, 0.1) is 11.6 Å². The fraction of sp³-hybridized carbons (Fsp3) is 0.0800. The number of benzene rings is 2. The number of carbonyl (C=O) groups is 1. The summed E-state index contributed by atoms with van der Waals surface area (Å²) in [7, 11) is 0. The lowest BCUT2D eigenvalue weighted by Gasteiger charge is -2.16. The lowest BCUT2D eigenvalue weighted by Crippen LogP contribution is -2.22. The van der Waals surface area contributed by atoms with Crippen LogP contribution in [0.25, 0.3) is 22.9 Å².